The fourth-order valence-electron chi connectivity index (χ4n) is 0.918. The fraction of sp³-hybridized carbons (Fsp3) is 0.333. The molecule has 0 fully saturated rings. The number of aryl methyl sites for hydroxylation is 1. The van der Waals surface area contributed by atoms with Crippen LogP contribution in [0.5, 0.6) is 0 Å². The molecule has 0 unspecified atom stereocenters. The van der Waals surface area contributed by atoms with E-state index in [0.717, 1.165) is 10.4 Å². The van der Waals surface area contributed by atoms with Crippen LogP contribution in [0.3, 0.4) is 0 Å². The Kier molecular flexibility index (Phi) is 3.47. The predicted octanol–water partition coefficient (Wildman–Crippen LogP) is 1.70. The van der Waals surface area contributed by atoms with E-state index in [1.807, 2.05) is 24.4 Å². The third kappa shape index (κ3) is 2.56. The second-order valence-electron chi connectivity index (χ2n) is 2.60. The number of carbonyl (C=O) groups is 1. The van der Waals surface area contributed by atoms with Gasteiger partial charge in [0.25, 0.3) is 5.91 Å². The lowest BCUT2D eigenvalue weighted by molar-refractivity contribution is 0.0958. The van der Waals surface area contributed by atoms with Gasteiger partial charge in [-0.15, -0.1) is 11.3 Å². The molecule has 1 amide bonds. The van der Waals surface area contributed by atoms with E-state index in [9.17, 15) is 4.79 Å². The molecular weight excluding hydrogens is 184 g/mol. The zero-order valence-corrected chi connectivity index (χ0v) is 8.15. The number of thiophene rings is 1. The van der Waals surface area contributed by atoms with Crippen LogP contribution in [-0.2, 0) is 0 Å². The highest BCUT2D eigenvalue weighted by Crippen LogP contribution is 2.14. The molecule has 1 aromatic heterocycles. The molecule has 0 saturated heterocycles. The molecule has 0 bridgehead atoms. The maximum Gasteiger partial charge on any atom is 0.261 e. The lowest BCUT2D eigenvalue weighted by Crippen LogP contribution is -2.23. The van der Waals surface area contributed by atoms with E-state index < -0.39 is 0 Å². The molecule has 0 radical (unpaired) electrons. The molecule has 1 heterocycles. The molecule has 13 heavy (non-hydrogen) atoms. The molecule has 0 atom stereocenters. The number of nitriles is 1. The summed E-state index contributed by atoms with van der Waals surface area (Å²) in [5.74, 6) is -0.0808. The van der Waals surface area contributed by atoms with Crippen molar-refractivity contribution < 1.29 is 4.79 Å². The molecule has 68 valence electrons. The number of nitrogens with zero attached hydrogens (tertiary/aromatic N) is 1. The minimum Gasteiger partial charge on any atom is -0.350 e. The van der Waals surface area contributed by atoms with Gasteiger partial charge in [-0.2, -0.15) is 5.26 Å². The molecule has 0 saturated carbocycles. The molecule has 1 aromatic rings. The second kappa shape index (κ2) is 4.63. The first-order valence-electron chi connectivity index (χ1n) is 3.95. The van der Waals surface area contributed by atoms with E-state index in [-0.39, 0.29) is 5.91 Å². The van der Waals surface area contributed by atoms with Crippen LogP contribution in [0.4, 0.5) is 0 Å². The zero-order valence-electron chi connectivity index (χ0n) is 7.33. The SMILES string of the molecule is Cc1ccsc1C(=O)NCCC#N. The fourth-order valence-corrected chi connectivity index (χ4v) is 1.76. The van der Waals surface area contributed by atoms with E-state index in [1.165, 1.54) is 11.3 Å². The smallest absolute Gasteiger partial charge is 0.261 e. The van der Waals surface area contributed by atoms with Crippen molar-refractivity contribution in [2.75, 3.05) is 6.54 Å². The summed E-state index contributed by atoms with van der Waals surface area (Å²) in [5.41, 5.74) is 0.986. The summed E-state index contributed by atoms with van der Waals surface area (Å²) >= 11 is 1.42. The van der Waals surface area contributed by atoms with Crippen LogP contribution in [0.25, 0.3) is 0 Å². The van der Waals surface area contributed by atoms with Gasteiger partial charge < -0.3 is 5.32 Å². The summed E-state index contributed by atoms with van der Waals surface area (Å²) in [6, 6.07) is 3.88. The lowest BCUT2D eigenvalue weighted by Gasteiger charge is -2.00. The van der Waals surface area contributed by atoms with Crippen LogP contribution in [-0.4, -0.2) is 12.5 Å². The topological polar surface area (TPSA) is 52.9 Å². The number of hydrogen-bond acceptors (Lipinski definition) is 3. The molecule has 4 heteroatoms. The average molecular weight is 194 g/mol. The standard InChI is InChI=1S/C9H10N2OS/c1-7-3-6-13-8(7)9(12)11-5-2-4-10/h3,6H,2,5H2,1H3,(H,11,12). The summed E-state index contributed by atoms with van der Waals surface area (Å²) < 4.78 is 0. The first-order valence-corrected chi connectivity index (χ1v) is 4.83. The van der Waals surface area contributed by atoms with E-state index in [2.05, 4.69) is 5.32 Å². The highest BCUT2D eigenvalue weighted by atomic mass is 32.1. The molecule has 0 aliphatic rings. The largest absolute Gasteiger partial charge is 0.350 e. The Morgan fingerprint density at radius 2 is 2.54 bits per heavy atom. The van der Waals surface area contributed by atoms with Gasteiger partial charge in [-0.05, 0) is 23.9 Å². The Morgan fingerprint density at radius 3 is 3.08 bits per heavy atom. The number of hydrogen-bond donors (Lipinski definition) is 1. The summed E-state index contributed by atoms with van der Waals surface area (Å²) in [6.07, 6.45) is 0.357. The first-order chi connectivity index (χ1) is 6.25. The number of rotatable bonds is 3. The van der Waals surface area contributed by atoms with E-state index in [4.69, 9.17) is 5.26 Å². The second-order valence-corrected chi connectivity index (χ2v) is 3.51. The molecule has 0 aliphatic heterocycles. The quantitative estimate of drug-likeness (QED) is 0.744. The van der Waals surface area contributed by atoms with E-state index >= 15 is 0 Å². The van der Waals surface area contributed by atoms with Gasteiger partial charge in [-0.1, -0.05) is 0 Å². The van der Waals surface area contributed by atoms with Crippen molar-refractivity contribution in [1.29, 1.82) is 5.26 Å². The summed E-state index contributed by atoms with van der Waals surface area (Å²) in [6.45, 7) is 2.32. The number of amides is 1. The van der Waals surface area contributed by atoms with Crippen LogP contribution >= 0.6 is 11.3 Å². The van der Waals surface area contributed by atoms with Gasteiger partial charge in [0.2, 0.25) is 0 Å². The summed E-state index contributed by atoms with van der Waals surface area (Å²) in [7, 11) is 0. The van der Waals surface area contributed by atoms with Crippen molar-refractivity contribution in [2.45, 2.75) is 13.3 Å². The monoisotopic (exact) mass is 194 g/mol. The Morgan fingerprint density at radius 1 is 1.77 bits per heavy atom. The molecule has 0 aromatic carbocycles. The number of carbonyl (C=O) groups excluding carboxylic acids is 1. The van der Waals surface area contributed by atoms with Crippen molar-refractivity contribution in [2.24, 2.45) is 0 Å². The van der Waals surface area contributed by atoms with Crippen molar-refractivity contribution in [3.63, 3.8) is 0 Å². The maximum atomic E-state index is 11.4. The van der Waals surface area contributed by atoms with Crippen LogP contribution in [0.1, 0.15) is 21.7 Å². The molecule has 0 spiro atoms. The normalized spacial score (nSPS) is 9.23. The zero-order chi connectivity index (χ0) is 9.68. The Labute approximate surface area is 81.0 Å². The van der Waals surface area contributed by atoms with Gasteiger partial charge in [0.05, 0.1) is 17.4 Å². The third-order valence-corrected chi connectivity index (χ3v) is 2.61. The van der Waals surface area contributed by atoms with Crippen molar-refractivity contribution in [3.05, 3.63) is 21.9 Å². The minimum absolute atomic E-state index is 0.0808. The van der Waals surface area contributed by atoms with Gasteiger partial charge in [0.1, 0.15) is 0 Å². The molecule has 0 aliphatic carbocycles. The molecular formula is C9H10N2OS. The van der Waals surface area contributed by atoms with Gasteiger partial charge in [-0.3, -0.25) is 4.79 Å². The Bertz CT molecular complexity index is 338. The minimum atomic E-state index is -0.0808. The van der Waals surface area contributed by atoms with Crippen molar-refractivity contribution >= 4 is 17.2 Å². The molecule has 1 rings (SSSR count). The highest BCUT2D eigenvalue weighted by molar-refractivity contribution is 7.12. The average Bonchev–Trinajstić information content (AvgIpc) is 2.52. The Hall–Kier alpha value is -1.34. The van der Waals surface area contributed by atoms with Crippen LogP contribution < -0.4 is 5.32 Å². The van der Waals surface area contributed by atoms with Crippen molar-refractivity contribution in [3.8, 4) is 6.07 Å². The highest BCUT2D eigenvalue weighted by Gasteiger charge is 2.08. The van der Waals surface area contributed by atoms with Crippen LogP contribution in [0.15, 0.2) is 11.4 Å². The number of nitrogens with one attached hydrogen (secondary N) is 1. The summed E-state index contributed by atoms with van der Waals surface area (Å²) in [5, 5.41) is 12.8. The van der Waals surface area contributed by atoms with Crippen LogP contribution in [0.2, 0.25) is 0 Å². The van der Waals surface area contributed by atoms with Crippen molar-refractivity contribution in [1.82, 2.24) is 5.32 Å². The Balaban J connectivity index is 2.50. The van der Waals surface area contributed by atoms with E-state index in [1.54, 1.807) is 0 Å². The molecule has 1 N–H and O–H groups in total. The van der Waals surface area contributed by atoms with Gasteiger partial charge in [0.15, 0.2) is 0 Å². The molecule has 3 nitrogen and oxygen atoms in total. The van der Waals surface area contributed by atoms with Gasteiger partial charge >= 0.3 is 0 Å². The third-order valence-electron chi connectivity index (χ3n) is 1.59. The first kappa shape index (κ1) is 9.75. The summed E-state index contributed by atoms with van der Waals surface area (Å²) in [4.78, 5) is 12.1. The van der Waals surface area contributed by atoms with E-state index in [0.29, 0.717) is 13.0 Å². The lowest BCUT2D eigenvalue weighted by atomic mass is 10.3. The maximum absolute atomic E-state index is 11.4. The van der Waals surface area contributed by atoms with Crippen LogP contribution in [0, 0.1) is 18.3 Å². The predicted molar refractivity (Wildman–Crippen MR) is 51.6 cm³/mol. The van der Waals surface area contributed by atoms with Gasteiger partial charge in [-0.25, -0.2) is 0 Å². The van der Waals surface area contributed by atoms with Gasteiger partial charge in [0, 0.05) is 6.54 Å².